The van der Waals surface area contributed by atoms with Crippen LogP contribution in [0, 0.1) is 0 Å². The van der Waals surface area contributed by atoms with Gasteiger partial charge >= 0.3 is 0 Å². The number of phenolic OH excluding ortho intramolecular Hbond substituents is 1. The Labute approximate surface area is 101 Å². The van der Waals surface area contributed by atoms with Crippen LogP contribution in [-0.2, 0) is 4.79 Å². The van der Waals surface area contributed by atoms with Gasteiger partial charge in [-0.25, -0.2) is 0 Å². The number of carbonyl (C=O) groups excluding carboxylic acids is 1. The second-order valence-electron chi connectivity index (χ2n) is 4.04. The number of hydrogen-bond donors (Lipinski definition) is 2. The van der Waals surface area contributed by atoms with Gasteiger partial charge in [-0.15, -0.1) is 0 Å². The second-order valence-corrected chi connectivity index (χ2v) is 4.04. The van der Waals surface area contributed by atoms with Gasteiger partial charge in [-0.05, 0) is 30.2 Å². The van der Waals surface area contributed by atoms with Crippen LogP contribution < -0.4 is 0 Å². The summed E-state index contributed by atoms with van der Waals surface area (Å²) in [7, 11) is 0. The highest BCUT2D eigenvalue weighted by Crippen LogP contribution is 2.11. The first kappa shape index (κ1) is 13.5. The molecule has 0 aliphatic rings. The van der Waals surface area contributed by atoms with Crippen LogP contribution in [-0.4, -0.2) is 22.1 Å². The van der Waals surface area contributed by atoms with Gasteiger partial charge in [0.15, 0.2) is 5.78 Å². The first-order valence-corrected chi connectivity index (χ1v) is 5.80. The summed E-state index contributed by atoms with van der Waals surface area (Å²) in [6.07, 6.45) is 4.29. The number of carbonyl (C=O) groups is 1. The van der Waals surface area contributed by atoms with E-state index < -0.39 is 6.10 Å². The zero-order valence-electron chi connectivity index (χ0n) is 9.97. The third-order valence-electron chi connectivity index (χ3n) is 2.41. The summed E-state index contributed by atoms with van der Waals surface area (Å²) in [5.74, 6) is 0.117. The Morgan fingerprint density at radius 1 is 1.35 bits per heavy atom. The summed E-state index contributed by atoms with van der Waals surface area (Å²) in [6.45, 7) is 1.97. The van der Waals surface area contributed by atoms with Crippen molar-refractivity contribution < 1.29 is 15.0 Å². The average Bonchev–Trinajstić information content (AvgIpc) is 2.28. The number of hydrogen-bond acceptors (Lipinski definition) is 3. The van der Waals surface area contributed by atoms with E-state index in [0.717, 1.165) is 12.0 Å². The zero-order valence-corrected chi connectivity index (χ0v) is 9.97. The Kier molecular flexibility index (Phi) is 5.43. The number of phenols is 1. The van der Waals surface area contributed by atoms with Crippen molar-refractivity contribution in [1.29, 1.82) is 0 Å². The highest BCUT2D eigenvalue weighted by molar-refractivity contribution is 5.93. The fraction of sp³-hybridized carbons (Fsp3) is 0.357. The smallest absolute Gasteiger partial charge is 0.158 e. The van der Waals surface area contributed by atoms with Gasteiger partial charge in [0.05, 0.1) is 6.10 Å². The van der Waals surface area contributed by atoms with Crippen LogP contribution in [0.15, 0.2) is 30.3 Å². The van der Waals surface area contributed by atoms with Crippen molar-refractivity contribution >= 4 is 11.9 Å². The minimum atomic E-state index is -0.544. The standard InChI is InChI=1S/C14H18O3/c1-2-3-13(16)10-14(17)9-6-11-4-7-12(15)8-5-11/h4-9,13,15-16H,2-3,10H2,1H3/b9-6+. The first-order chi connectivity index (χ1) is 8.11. The van der Waals surface area contributed by atoms with Crippen molar-refractivity contribution in [2.24, 2.45) is 0 Å². The van der Waals surface area contributed by atoms with Gasteiger partial charge in [-0.1, -0.05) is 31.6 Å². The maximum atomic E-state index is 11.5. The molecule has 92 valence electrons. The van der Waals surface area contributed by atoms with E-state index in [1.807, 2.05) is 6.92 Å². The average molecular weight is 234 g/mol. The lowest BCUT2D eigenvalue weighted by Gasteiger charge is -2.05. The Hall–Kier alpha value is -1.61. The van der Waals surface area contributed by atoms with E-state index in [1.165, 1.54) is 6.08 Å². The van der Waals surface area contributed by atoms with Gasteiger partial charge < -0.3 is 10.2 Å². The molecule has 0 spiro atoms. The van der Waals surface area contributed by atoms with E-state index in [-0.39, 0.29) is 18.0 Å². The molecule has 1 aromatic rings. The fourth-order valence-corrected chi connectivity index (χ4v) is 1.51. The lowest BCUT2D eigenvalue weighted by molar-refractivity contribution is -0.116. The van der Waals surface area contributed by atoms with E-state index in [9.17, 15) is 9.90 Å². The largest absolute Gasteiger partial charge is 0.508 e. The summed E-state index contributed by atoms with van der Waals surface area (Å²) >= 11 is 0. The molecule has 0 aromatic heterocycles. The summed E-state index contributed by atoms with van der Waals surface area (Å²) in [5.41, 5.74) is 0.848. The van der Waals surface area contributed by atoms with Gasteiger partial charge in [0.1, 0.15) is 5.75 Å². The van der Waals surface area contributed by atoms with Gasteiger partial charge in [-0.2, -0.15) is 0 Å². The monoisotopic (exact) mass is 234 g/mol. The molecule has 0 bridgehead atoms. The molecule has 0 aliphatic heterocycles. The Morgan fingerprint density at radius 3 is 2.59 bits per heavy atom. The lowest BCUT2D eigenvalue weighted by Crippen LogP contribution is -2.11. The first-order valence-electron chi connectivity index (χ1n) is 5.80. The molecular formula is C14H18O3. The molecule has 0 radical (unpaired) electrons. The van der Waals surface area contributed by atoms with E-state index in [2.05, 4.69) is 0 Å². The quantitative estimate of drug-likeness (QED) is 0.744. The summed E-state index contributed by atoms with van der Waals surface area (Å²) < 4.78 is 0. The molecular weight excluding hydrogens is 216 g/mol. The van der Waals surface area contributed by atoms with Crippen molar-refractivity contribution in [2.75, 3.05) is 0 Å². The van der Waals surface area contributed by atoms with Gasteiger partial charge in [0.2, 0.25) is 0 Å². The maximum absolute atomic E-state index is 11.5. The number of ketones is 1. The number of rotatable bonds is 6. The maximum Gasteiger partial charge on any atom is 0.158 e. The van der Waals surface area contributed by atoms with E-state index in [4.69, 9.17) is 5.11 Å². The molecule has 0 saturated heterocycles. The predicted octanol–water partition coefficient (Wildman–Crippen LogP) is 2.53. The van der Waals surface area contributed by atoms with Crippen molar-refractivity contribution in [2.45, 2.75) is 32.3 Å². The van der Waals surface area contributed by atoms with E-state index in [0.29, 0.717) is 6.42 Å². The Morgan fingerprint density at radius 2 is 2.00 bits per heavy atom. The molecule has 1 aromatic carbocycles. The minimum Gasteiger partial charge on any atom is -0.508 e. The molecule has 0 aliphatic carbocycles. The number of aliphatic hydroxyl groups excluding tert-OH is 1. The summed E-state index contributed by atoms with van der Waals surface area (Å²) in [4.78, 5) is 11.5. The van der Waals surface area contributed by atoms with E-state index >= 15 is 0 Å². The second kappa shape index (κ2) is 6.86. The zero-order chi connectivity index (χ0) is 12.7. The summed E-state index contributed by atoms with van der Waals surface area (Å²) in [6, 6.07) is 6.58. The fourth-order valence-electron chi connectivity index (χ4n) is 1.51. The lowest BCUT2D eigenvalue weighted by atomic mass is 10.1. The normalized spacial score (nSPS) is 12.8. The van der Waals surface area contributed by atoms with Crippen LogP contribution in [0.3, 0.4) is 0 Å². The molecule has 1 atom stereocenters. The molecule has 2 N–H and O–H groups in total. The molecule has 3 heteroatoms. The van der Waals surface area contributed by atoms with Gasteiger partial charge in [-0.3, -0.25) is 4.79 Å². The number of aliphatic hydroxyl groups is 1. The number of aromatic hydroxyl groups is 1. The highest BCUT2D eigenvalue weighted by atomic mass is 16.3. The number of benzene rings is 1. The third-order valence-corrected chi connectivity index (χ3v) is 2.41. The van der Waals surface area contributed by atoms with Crippen molar-refractivity contribution in [1.82, 2.24) is 0 Å². The molecule has 0 saturated carbocycles. The number of allylic oxidation sites excluding steroid dienone is 1. The molecule has 17 heavy (non-hydrogen) atoms. The van der Waals surface area contributed by atoms with Crippen LogP contribution in [0.1, 0.15) is 31.7 Å². The molecule has 0 amide bonds. The van der Waals surface area contributed by atoms with Crippen LogP contribution in [0.25, 0.3) is 6.08 Å². The molecule has 0 fully saturated rings. The minimum absolute atomic E-state index is 0.0842. The van der Waals surface area contributed by atoms with Gasteiger partial charge in [0, 0.05) is 6.42 Å². The molecule has 0 heterocycles. The van der Waals surface area contributed by atoms with E-state index in [1.54, 1.807) is 30.3 Å². The van der Waals surface area contributed by atoms with Crippen LogP contribution in [0.2, 0.25) is 0 Å². The molecule has 1 unspecified atom stereocenters. The molecule has 3 nitrogen and oxygen atoms in total. The highest BCUT2D eigenvalue weighted by Gasteiger charge is 2.06. The van der Waals surface area contributed by atoms with Crippen molar-refractivity contribution in [3.63, 3.8) is 0 Å². The predicted molar refractivity (Wildman–Crippen MR) is 67.7 cm³/mol. The molecule has 1 rings (SSSR count). The van der Waals surface area contributed by atoms with Crippen LogP contribution in [0.4, 0.5) is 0 Å². The Balaban J connectivity index is 2.47. The van der Waals surface area contributed by atoms with Crippen LogP contribution in [0.5, 0.6) is 5.75 Å². The Bertz CT molecular complexity index is 379. The summed E-state index contributed by atoms with van der Waals surface area (Å²) in [5, 5.41) is 18.6. The SMILES string of the molecule is CCCC(O)CC(=O)/C=C/c1ccc(O)cc1. The van der Waals surface area contributed by atoms with Crippen molar-refractivity contribution in [3.8, 4) is 5.75 Å². The van der Waals surface area contributed by atoms with Crippen molar-refractivity contribution in [3.05, 3.63) is 35.9 Å². The van der Waals surface area contributed by atoms with Crippen LogP contribution >= 0.6 is 0 Å². The van der Waals surface area contributed by atoms with Gasteiger partial charge in [0.25, 0.3) is 0 Å². The topological polar surface area (TPSA) is 57.5 Å². The third kappa shape index (κ3) is 5.31.